The summed E-state index contributed by atoms with van der Waals surface area (Å²) in [6, 6.07) is 0. The summed E-state index contributed by atoms with van der Waals surface area (Å²) in [5, 5.41) is 40.2. The van der Waals surface area contributed by atoms with Gasteiger partial charge in [-0.15, -0.1) is 0 Å². The summed E-state index contributed by atoms with van der Waals surface area (Å²) in [5.41, 5.74) is 0. The normalized spacial score (nSPS) is 19.6. The molecule has 1 fully saturated rings. The number of carbonyl (C=O) groups excluding carboxylic acids is 2. The van der Waals surface area contributed by atoms with Crippen LogP contribution >= 0.6 is 0 Å². The smallest absolute Gasteiger partial charge is 0.306 e. The van der Waals surface area contributed by atoms with E-state index in [0.29, 0.717) is 6.42 Å². The maximum absolute atomic E-state index is 12.8. The van der Waals surface area contributed by atoms with E-state index in [1.165, 1.54) is 128 Å². The summed E-state index contributed by atoms with van der Waals surface area (Å²) in [7, 11) is 0. The molecule has 0 saturated carbocycles. The number of hydrogen-bond acceptors (Lipinski definition) is 10. The lowest BCUT2D eigenvalue weighted by Gasteiger charge is -2.39. The molecule has 0 spiro atoms. The summed E-state index contributed by atoms with van der Waals surface area (Å²) >= 11 is 0. The number of esters is 2. The van der Waals surface area contributed by atoms with Gasteiger partial charge in [0.2, 0.25) is 0 Å². The van der Waals surface area contributed by atoms with Crippen molar-refractivity contribution in [3.63, 3.8) is 0 Å². The van der Waals surface area contributed by atoms with E-state index in [1.807, 2.05) is 0 Å². The number of carbonyl (C=O) groups is 2. The lowest BCUT2D eigenvalue weighted by Crippen LogP contribution is -2.59. The fourth-order valence-electron chi connectivity index (χ4n) is 8.06. The predicted molar refractivity (Wildman–Crippen MR) is 265 cm³/mol. The number of aliphatic hydroxyl groups is 4. The third-order valence-electron chi connectivity index (χ3n) is 12.2. The standard InChI is InChI=1S/C55H98O10/c1-3-5-7-9-11-13-15-17-19-21-22-23-24-25-26-28-29-31-33-35-37-39-41-43-50(57)62-46-48(47-63-55-54(61)53(60)52(59)49(45-56)65-55)64-51(58)44-42-40-38-36-34-32-30-27-20-18-16-14-12-10-8-6-4-2/h6,8,12,14,18,20,30,32,48-49,52-56,59-61H,3-5,7,9-11,13,15-17,19,21-29,31,33-47H2,1-2H3/b8-6-,14-12-,20-18-,32-30-. The first-order valence-corrected chi connectivity index (χ1v) is 26.7. The van der Waals surface area contributed by atoms with Crippen molar-refractivity contribution in [2.24, 2.45) is 0 Å². The van der Waals surface area contributed by atoms with Gasteiger partial charge in [0.1, 0.15) is 31.0 Å². The molecule has 65 heavy (non-hydrogen) atoms. The lowest BCUT2D eigenvalue weighted by atomic mass is 9.99. The molecule has 1 aliphatic heterocycles. The lowest BCUT2D eigenvalue weighted by molar-refractivity contribution is -0.305. The molecule has 0 aliphatic carbocycles. The Balaban J connectivity index is 2.23. The Labute approximate surface area is 397 Å². The number of unbranched alkanes of at least 4 members (excludes halogenated alkanes) is 26. The van der Waals surface area contributed by atoms with Crippen molar-refractivity contribution < 1.29 is 49.0 Å². The second-order valence-corrected chi connectivity index (χ2v) is 18.3. The van der Waals surface area contributed by atoms with Crippen molar-refractivity contribution in [2.75, 3.05) is 19.8 Å². The Hall–Kier alpha value is -2.34. The van der Waals surface area contributed by atoms with Crippen molar-refractivity contribution in [3.05, 3.63) is 48.6 Å². The predicted octanol–water partition coefficient (Wildman–Crippen LogP) is 12.8. The van der Waals surface area contributed by atoms with Crippen LogP contribution in [0.3, 0.4) is 0 Å². The molecule has 1 saturated heterocycles. The van der Waals surface area contributed by atoms with Crippen molar-refractivity contribution >= 4 is 11.9 Å². The summed E-state index contributed by atoms with van der Waals surface area (Å²) in [6.45, 7) is 3.32. The Morgan fingerprint density at radius 2 is 0.908 bits per heavy atom. The maximum atomic E-state index is 12.8. The largest absolute Gasteiger partial charge is 0.462 e. The van der Waals surface area contributed by atoms with Crippen LogP contribution in [0.4, 0.5) is 0 Å². The van der Waals surface area contributed by atoms with E-state index in [2.05, 4.69) is 62.5 Å². The van der Waals surface area contributed by atoms with Crippen LogP contribution in [0.1, 0.15) is 232 Å². The second kappa shape index (κ2) is 45.4. The molecule has 6 atom stereocenters. The molecule has 0 aromatic heterocycles. The quantitative estimate of drug-likeness (QED) is 0.0264. The highest BCUT2D eigenvalue weighted by Gasteiger charge is 2.44. The molecule has 10 heteroatoms. The Bertz CT molecular complexity index is 1200. The van der Waals surface area contributed by atoms with E-state index in [1.54, 1.807) is 0 Å². The van der Waals surface area contributed by atoms with Crippen LogP contribution < -0.4 is 0 Å². The van der Waals surface area contributed by atoms with Crippen molar-refractivity contribution in [2.45, 2.75) is 269 Å². The molecule has 1 aliphatic rings. The Kier molecular flexibility index (Phi) is 42.4. The van der Waals surface area contributed by atoms with Crippen molar-refractivity contribution in [3.8, 4) is 0 Å². The Morgan fingerprint density at radius 1 is 0.492 bits per heavy atom. The molecule has 0 amide bonds. The minimum atomic E-state index is -1.60. The molecule has 0 aromatic rings. The first kappa shape index (κ1) is 60.7. The zero-order chi connectivity index (χ0) is 47.3. The molecule has 1 heterocycles. The highest BCUT2D eigenvalue weighted by atomic mass is 16.7. The average Bonchev–Trinajstić information content (AvgIpc) is 3.30. The zero-order valence-electron chi connectivity index (χ0n) is 41.5. The highest BCUT2D eigenvalue weighted by Crippen LogP contribution is 2.23. The molecule has 4 N–H and O–H groups in total. The SMILES string of the molecule is CC/C=C\C/C=C\C/C=C\C/C=C\CCCCCCC(=O)OC(COC(=O)CCCCCCCCCCCCCCCCCCCCCCCCC)COC1OC(CO)C(O)C(O)C1O. The van der Waals surface area contributed by atoms with E-state index in [4.69, 9.17) is 18.9 Å². The third kappa shape index (κ3) is 36.4. The van der Waals surface area contributed by atoms with Gasteiger partial charge in [0.25, 0.3) is 0 Å². The van der Waals surface area contributed by atoms with Gasteiger partial charge in [0.15, 0.2) is 12.4 Å². The highest BCUT2D eigenvalue weighted by molar-refractivity contribution is 5.70. The third-order valence-corrected chi connectivity index (χ3v) is 12.2. The monoisotopic (exact) mass is 919 g/mol. The molecule has 0 radical (unpaired) electrons. The molecule has 10 nitrogen and oxygen atoms in total. The van der Waals surface area contributed by atoms with Gasteiger partial charge in [-0.25, -0.2) is 0 Å². The van der Waals surface area contributed by atoms with Crippen molar-refractivity contribution in [1.29, 1.82) is 0 Å². The maximum Gasteiger partial charge on any atom is 0.306 e. The van der Waals surface area contributed by atoms with Gasteiger partial charge < -0.3 is 39.4 Å². The summed E-state index contributed by atoms with van der Waals surface area (Å²) in [6.07, 6.45) is 48.4. The summed E-state index contributed by atoms with van der Waals surface area (Å²) in [5.74, 6) is -0.826. The van der Waals surface area contributed by atoms with E-state index in [-0.39, 0.29) is 32.0 Å². The number of ether oxygens (including phenoxy) is 4. The molecular formula is C55H98O10. The van der Waals surface area contributed by atoms with Gasteiger partial charge in [-0.05, 0) is 51.4 Å². The van der Waals surface area contributed by atoms with E-state index >= 15 is 0 Å². The Morgan fingerprint density at radius 3 is 1.37 bits per heavy atom. The minimum Gasteiger partial charge on any atom is -0.462 e. The number of rotatable bonds is 45. The molecule has 0 aromatic carbocycles. The summed E-state index contributed by atoms with van der Waals surface area (Å²) < 4.78 is 22.2. The van der Waals surface area contributed by atoms with Gasteiger partial charge >= 0.3 is 11.9 Å². The zero-order valence-corrected chi connectivity index (χ0v) is 41.5. The van der Waals surface area contributed by atoms with Crippen LogP contribution in [0, 0.1) is 0 Å². The number of hydrogen-bond donors (Lipinski definition) is 4. The van der Waals surface area contributed by atoms with Gasteiger partial charge in [0.05, 0.1) is 13.2 Å². The van der Waals surface area contributed by atoms with Crippen LogP contribution in [-0.4, -0.2) is 89.0 Å². The average molecular weight is 919 g/mol. The first-order valence-electron chi connectivity index (χ1n) is 26.7. The van der Waals surface area contributed by atoms with Gasteiger partial charge in [-0.1, -0.05) is 217 Å². The molecule has 0 bridgehead atoms. The molecular weight excluding hydrogens is 821 g/mol. The fourth-order valence-corrected chi connectivity index (χ4v) is 8.06. The van der Waals surface area contributed by atoms with Gasteiger partial charge in [0, 0.05) is 12.8 Å². The molecule has 378 valence electrons. The first-order chi connectivity index (χ1) is 31.8. The number of allylic oxidation sites excluding steroid dienone is 8. The van der Waals surface area contributed by atoms with Crippen LogP contribution in [0.25, 0.3) is 0 Å². The van der Waals surface area contributed by atoms with E-state index in [9.17, 15) is 30.0 Å². The van der Waals surface area contributed by atoms with Crippen molar-refractivity contribution in [1.82, 2.24) is 0 Å². The fraction of sp³-hybridized carbons (Fsp3) is 0.818. The van der Waals surface area contributed by atoms with Gasteiger partial charge in [-0.2, -0.15) is 0 Å². The summed E-state index contributed by atoms with van der Waals surface area (Å²) in [4.78, 5) is 25.5. The molecule has 1 rings (SSSR count). The molecule has 6 unspecified atom stereocenters. The van der Waals surface area contributed by atoms with Crippen LogP contribution in [0.15, 0.2) is 48.6 Å². The van der Waals surface area contributed by atoms with Crippen LogP contribution in [-0.2, 0) is 28.5 Å². The van der Waals surface area contributed by atoms with Crippen LogP contribution in [0.2, 0.25) is 0 Å². The van der Waals surface area contributed by atoms with Gasteiger partial charge in [-0.3, -0.25) is 9.59 Å². The van der Waals surface area contributed by atoms with E-state index in [0.717, 1.165) is 70.6 Å². The van der Waals surface area contributed by atoms with Crippen LogP contribution in [0.5, 0.6) is 0 Å². The minimum absolute atomic E-state index is 0.202. The second-order valence-electron chi connectivity index (χ2n) is 18.3. The van der Waals surface area contributed by atoms with E-state index < -0.39 is 49.4 Å². The topological polar surface area (TPSA) is 152 Å². The number of aliphatic hydroxyl groups excluding tert-OH is 4.